The lowest BCUT2D eigenvalue weighted by Crippen LogP contribution is -2.44. The van der Waals surface area contributed by atoms with E-state index < -0.39 is 0 Å². The molecule has 1 amide bonds. The lowest BCUT2D eigenvalue weighted by Gasteiger charge is -2.32. The number of aryl methyl sites for hydroxylation is 2. The molecule has 0 aliphatic carbocycles. The van der Waals surface area contributed by atoms with Gasteiger partial charge in [0, 0.05) is 37.4 Å². The van der Waals surface area contributed by atoms with Gasteiger partial charge in [0.05, 0.1) is 5.69 Å². The van der Waals surface area contributed by atoms with Crippen molar-refractivity contribution in [2.75, 3.05) is 50.1 Å². The maximum absolute atomic E-state index is 12.5. The summed E-state index contributed by atoms with van der Waals surface area (Å²) in [6.45, 7) is 9.98. The molecular formula is C26H31N5O2. The Hall–Kier alpha value is -3.45. The predicted octanol–water partition coefficient (Wildman–Crippen LogP) is 3.84. The van der Waals surface area contributed by atoms with Crippen LogP contribution in [0.1, 0.15) is 16.7 Å². The van der Waals surface area contributed by atoms with Gasteiger partial charge in [-0.1, -0.05) is 18.2 Å². The second-order valence-corrected chi connectivity index (χ2v) is 8.69. The minimum absolute atomic E-state index is 0.0481. The number of nitrogens with one attached hydrogen (secondary N) is 1. The number of likely N-dealkylation sites (N-methyl/N-ethyl adjacent to an activating group) is 1. The molecule has 0 radical (unpaired) electrons. The highest BCUT2D eigenvalue weighted by Crippen LogP contribution is 2.24. The molecule has 0 saturated carbocycles. The number of rotatable bonds is 6. The van der Waals surface area contributed by atoms with E-state index in [0.29, 0.717) is 5.69 Å². The average Bonchev–Trinajstić information content (AvgIpc) is 2.81. The number of anilines is 2. The summed E-state index contributed by atoms with van der Waals surface area (Å²) in [7, 11) is 2.13. The lowest BCUT2D eigenvalue weighted by molar-refractivity contribution is -0.118. The first-order valence-corrected chi connectivity index (χ1v) is 11.3. The zero-order valence-corrected chi connectivity index (χ0v) is 19.8. The third kappa shape index (κ3) is 5.68. The number of amides is 1. The normalized spacial score (nSPS) is 14.2. The van der Waals surface area contributed by atoms with Gasteiger partial charge in [0.2, 0.25) is 0 Å². The smallest absolute Gasteiger partial charge is 0.262 e. The fourth-order valence-corrected chi connectivity index (χ4v) is 3.93. The first-order chi connectivity index (χ1) is 15.9. The molecule has 1 aliphatic heterocycles. The molecule has 0 unspecified atom stereocenters. The Morgan fingerprint density at radius 2 is 1.79 bits per heavy atom. The van der Waals surface area contributed by atoms with Crippen LogP contribution in [0.2, 0.25) is 0 Å². The Morgan fingerprint density at radius 3 is 2.52 bits per heavy atom. The molecule has 1 N–H and O–H groups in total. The van der Waals surface area contributed by atoms with Crippen LogP contribution in [0.15, 0.2) is 48.5 Å². The van der Waals surface area contributed by atoms with Gasteiger partial charge in [0.25, 0.3) is 5.91 Å². The van der Waals surface area contributed by atoms with Gasteiger partial charge in [-0.2, -0.15) is 0 Å². The molecule has 2 heterocycles. The third-order valence-electron chi connectivity index (χ3n) is 6.04. The molecule has 4 rings (SSSR count). The van der Waals surface area contributed by atoms with E-state index in [9.17, 15) is 4.79 Å². The molecular weight excluding hydrogens is 414 g/mol. The third-order valence-corrected chi connectivity index (χ3v) is 6.04. The van der Waals surface area contributed by atoms with Crippen molar-refractivity contribution in [2.45, 2.75) is 20.8 Å². The zero-order valence-electron chi connectivity index (χ0n) is 19.8. The van der Waals surface area contributed by atoms with E-state index in [1.165, 1.54) is 0 Å². The molecule has 1 saturated heterocycles. The summed E-state index contributed by atoms with van der Waals surface area (Å²) < 4.78 is 5.78. The lowest BCUT2D eigenvalue weighted by atomic mass is 10.1. The Labute approximate surface area is 195 Å². The summed E-state index contributed by atoms with van der Waals surface area (Å²) in [6, 6.07) is 15.7. The number of nitrogens with zero attached hydrogens (tertiary/aromatic N) is 4. The monoisotopic (exact) mass is 445 g/mol. The van der Waals surface area contributed by atoms with Crippen LogP contribution in [0.3, 0.4) is 0 Å². The highest BCUT2D eigenvalue weighted by molar-refractivity contribution is 5.92. The number of benzene rings is 2. The summed E-state index contributed by atoms with van der Waals surface area (Å²) >= 11 is 0. The van der Waals surface area contributed by atoms with E-state index in [2.05, 4.69) is 38.4 Å². The topological polar surface area (TPSA) is 70.6 Å². The van der Waals surface area contributed by atoms with Crippen molar-refractivity contribution in [2.24, 2.45) is 0 Å². The Bertz CT molecular complexity index is 1120. The van der Waals surface area contributed by atoms with Crippen LogP contribution in [0.25, 0.3) is 11.3 Å². The summed E-state index contributed by atoms with van der Waals surface area (Å²) in [5.74, 6) is 1.43. The molecule has 3 aromatic rings. The van der Waals surface area contributed by atoms with Crippen molar-refractivity contribution < 1.29 is 9.53 Å². The molecule has 172 valence electrons. The summed E-state index contributed by atoms with van der Waals surface area (Å²) in [6.07, 6.45) is 0. The predicted molar refractivity (Wildman–Crippen MR) is 132 cm³/mol. The summed E-state index contributed by atoms with van der Waals surface area (Å²) in [5.41, 5.74) is 5.68. The van der Waals surface area contributed by atoms with Gasteiger partial charge < -0.3 is 19.9 Å². The number of hydrogen-bond donors (Lipinski definition) is 1. The minimum Gasteiger partial charge on any atom is -0.483 e. The van der Waals surface area contributed by atoms with Gasteiger partial charge in [-0.3, -0.25) is 4.79 Å². The van der Waals surface area contributed by atoms with Gasteiger partial charge in [0.1, 0.15) is 5.75 Å². The van der Waals surface area contributed by atoms with Crippen LogP contribution in [0, 0.1) is 20.8 Å². The minimum atomic E-state index is -0.206. The van der Waals surface area contributed by atoms with Crippen molar-refractivity contribution >= 4 is 17.4 Å². The molecule has 7 nitrogen and oxygen atoms in total. The first kappa shape index (κ1) is 22.7. The number of hydrogen-bond acceptors (Lipinski definition) is 6. The van der Waals surface area contributed by atoms with Crippen LogP contribution in [0.4, 0.5) is 11.5 Å². The fourth-order valence-electron chi connectivity index (χ4n) is 3.93. The maximum atomic E-state index is 12.5. The molecule has 0 spiro atoms. The number of aromatic nitrogens is 2. The van der Waals surface area contributed by atoms with Crippen LogP contribution in [0.5, 0.6) is 5.75 Å². The van der Waals surface area contributed by atoms with E-state index in [1.807, 2.05) is 63.2 Å². The van der Waals surface area contributed by atoms with E-state index in [0.717, 1.165) is 65.7 Å². The zero-order chi connectivity index (χ0) is 23.4. The number of carbonyl (C=O) groups is 1. The van der Waals surface area contributed by atoms with Crippen LogP contribution < -0.4 is 15.0 Å². The SMILES string of the molecule is Cc1cc(C)c(C)c(OCC(=O)Nc2cccc(-c3ccc(N4CCN(C)CC4)nn3)c2)c1. The molecule has 33 heavy (non-hydrogen) atoms. The van der Waals surface area contributed by atoms with Crippen LogP contribution in [-0.4, -0.2) is 60.8 Å². The standard InChI is InChI=1S/C26H31N5O2/c1-18-14-19(2)20(3)24(15-18)33-17-26(32)27-22-7-5-6-21(16-22)23-8-9-25(29-28-23)31-12-10-30(4)11-13-31/h5-9,14-16H,10-13,17H2,1-4H3,(H,27,32). The first-order valence-electron chi connectivity index (χ1n) is 11.3. The second kappa shape index (κ2) is 10.0. The van der Waals surface area contributed by atoms with Gasteiger partial charge in [-0.15, -0.1) is 10.2 Å². The van der Waals surface area contributed by atoms with E-state index in [-0.39, 0.29) is 12.5 Å². The molecule has 1 aromatic heterocycles. The number of carbonyl (C=O) groups excluding carboxylic acids is 1. The van der Waals surface area contributed by atoms with E-state index in [4.69, 9.17) is 4.74 Å². The average molecular weight is 446 g/mol. The highest BCUT2D eigenvalue weighted by atomic mass is 16.5. The van der Waals surface area contributed by atoms with Crippen molar-refractivity contribution in [3.63, 3.8) is 0 Å². The Morgan fingerprint density at radius 1 is 1.00 bits per heavy atom. The Balaban J connectivity index is 1.38. The second-order valence-electron chi connectivity index (χ2n) is 8.69. The molecule has 0 bridgehead atoms. The van der Waals surface area contributed by atoms with Crippen molar-refractivity contribution in [1.29, 1.82) is 0 Å². The van der Waals surface area contributed by atoms with Crippen LogP contribution in [-0.2, 0) is 4.79 Å². The Kier molecular flexibility index (Phi) is 6.89. The molecule has 0 atom stereocenters. The maximum Gasteiger partial charge on any atom is 0.262 e. The largest absolute Gasteiger partial charge is 0.483 e. The molecule has 7 heteroatoms. The van der Waals surface area contributed by atoms with Gasteiger partial charge >= 0.3 is 0 Å². The van der Waals surface area contributed by atoms with Gasteiger partial charge in [0.15, 0.2) is 12.4 Å². The van der Waals surface area contributed by atoms with Crippen molar-refractivity contribution in [1.82, 2.24) is 15.1 Å². The van der Waals surface area contributed by atoms with E-state index >= 15 is 0 Å². The molecule has 1 fully saturated rings. The van der Waals surface area contributed by atoms with Gasteiger partial charge in [-0.05, 0) is 74.8 Å². The quantitative estimate of drug-likeness (QED) is 0.622. The van der Waals surface area contributed by atoms with Crippen molar-refractivity contribution in [3.05, 3.63) is 65.2 Å². The number of ether oxygens (including phenoxy) is 1. The fraction of sp³-hybridized carbons (Fsp3) is 0.346. The van der Waals surface area contributed by atoms with Gasteiger partial charge in [-0.25, -0.2) is 0 Å². The van der Waals surface area contributed by atoms with E-state index in [1.54, 1.807) is 0 Å². The molecule has 2 aromatic carbocycles. The highest BCUT2D eigenvalue weighted by Gasteiger charge is 2.16. The number of piperazine rings is 1. The van der Waals surface area contributed by atoms with Crippen molar-refractivity contribution in [3.8, 4) is 17.0 Å². The van der Waals surface area contributed by atoms with Crippen LogP contribution >= 0.6 is 0 Å². The molecule has 1 aliphatic rings. The summed E-state index contributed by atoms with van der Waals surface area (Å²) in [5, 5.41) is 11.8. The summed E-state index contributed by atoms with van der Waals surface area (Å²) in [4.78, 5) is 17.1.